The van der Waals surface area contributed by atoms with E-state index in [9.17, 15) is 9.59 Å². The number of carbonyl (C=O) groups excluding carboxylic acids is 2. The van der Waals surface area contributed by atoms with Gasteiger partial charge in [-0.05, 0) is 40.8 Å². The third-order valence-electron chi connectivity index (χ3n) is 6.26. The number of amides is 1. The number of rotatable bonds is 6. The lowest BCUT2D eigenvalue weighted by Gasteiger charge is -2.27. The van der Waals surface area contributed by atoms with Crippen molar-refractivity contribution in [2.45, 2.75) is 19.5 Å². The Morgan fingerprint density at radius 2 is 1.57 bits per heavy atom. The third kappa shape index (κ3) is 5.04. The first kappa shape index (κ1) is 23.0. The Morgan fingerprint density at radius 3 is 2.26 bits per heavy atom. The van der Waals surface area contributed by atoms with Crippen LogP contribution in [-0.2, 0) is 24.2 Å². The van der Waals surface area contributed by atoms with Gasteiger partial charge in [0.25, 0.3) is 5.91 Å². The maximum atomic E-state index is 13.1. The van der Waals surface area contributed by atoms with Crippen LogP contribution in [0.1, 0.15) is 36.7 Å². The molecule has 5 nitrogen and oxygen atoms in total. The number of hydrogen-bond acceptors (Lipinski definition) is 5. The Hall–Kier alpha value is -3.74. The Morgan fingerprint density at radius 1 is 0.914 bits per heavy atom. The van der Waals surface area contributed by atoms with E-state index in [0.717, 1.165) is 47.6 Å². The molecule has 0 radical (unpaired) electrons. The minimum atomic E-state index is -0.409. The summed E-state index contributed by atoms with van der Waals surface area (Å²) in [7, 11) is 1.38. The average molecular weight is 483 g/mol. The van der Waals surface area contributed by atoms with Gasteiger partial charge >= 0.3 is 5.97 Å². The van der Waals surface area contributed by atoms with Crippen molar-refractivity contribution in [2.75, 3.05) is 19.0 Å². The van der Waals surface area contributed by atoms with E-state index in [1.165, 1.54) is 24.0 Å². The number of nitrogens with one attached hydrogen (secondary N) is 1. The van der Waals surface area contributed by atoms with Crippen molar-refractivity contribution in [3.05, 3.63) is 112 Å². The zero-order valence-electron chi connectivity index (χ0n) is 19.5. The summed E-state index contributed by atoms with van der Waals surface area (Å²) < 4.78 is 5.08. The van der Waals surface area contributed by atoms with Gasteiger partial charge in [-0.3, -0.25) is 9.69 Å². The number of carbonyl (C=O) groups is 2. The first-order chi connectivity index (χ1) is 17.1. The van der Waals surface area contributed by atoms with Gasteiger partial charge < -0.3 is 10.1 Å². The van der Waals surface area contributed by atoms with Gasteiger partial charge in [0, 0.05) is 30.1 Å². The lowest BCUT2D eigenvalue weighted by atomic mass is 10.0. The van der Waals surface area contributed by atoms with Gasteiger partial charge in [-0.1, -0.05) is 72.8 Å². The molecule has 0 saturated heterocycles. The predicted molar refractivity (Wildman–Crippen MR) is 140 cm³/mol. The summed E-state index contributed by atoms with van der Waals surface area (Å²) in [6.07, 6.45) is 0.741. The number of hydrogen-bond donors (Lipinski definition) is 1. The molecule has 0 atom stereocenters. The van der Waals surface area contributed by atoms with Crippen molar-refractivity contribution >= 4 is 28.2 Å². The van der Waals surface area contributed by atoms with Crippen molar-refractivity contribution < 1.29 is 14.3 Å². The van der Waals surface area contributed by atoms with Crippen LogP contribution in [0.25, 0.3) is 11.1 Å². The van der Waals surface area contributed by atoms with Gasteiger partial charge in [0.2, 0.25) is 0 Å². The molecule has 0 unspecified atom stereocenters. The van der Waals surface area contributed by atoms with E-state index in [1.807, 2.05) is 72.8 Å². The maximum absolute atomic E-state index is 13.1. The fraction of sp³-hybridized carbons (Fsp3) is 0.172. The highest BCUT2D eigenvalue weighted by Crippen LogP contribution is 2.38. The van der Waals surface area contributed by atoms with Gasteiger partial charge in [0.1, 0.15) is 5.00 Å². The second-order valence-electron chi connectivity index (χ2n) is 8.54. The highest BCUT2D eigenvalue weighted by atomic mass is 32.1. The van der Waals surface area contributed by atoms with E-state index in [4.69, 9.17) is 4.74 Å². The zero-order valence-corrected chi connectivity index (χ0v) is 20.3. The fourth-order valence-electron chi connectivity index (χ4n) is 4.46. The number of anilines is 1. The summed E-state index contributed by atoms with van der Waals surface area (Å²) in [6, 6.07) is 27.9. The van der Waals surface area contributed by atoms with E-state index >= 15 is 0 Å². The normalized spacial score (nSPS) is 13.2. The molecule has 3 aromatic carbocycles. The Kier molecular flexibility index (Phi) is 6.75. The van der Waals surface area contributed by atoms with Crippen LogP contribution in [0.3, 0.4) is 0 Å². The number of esters is 1. The maximum Gasteiger partial charge on any atom is 0.341 e. The molecule has 0 saturated carbocycles. The highest BCUT2D eigenvalue weighted by Gasteiger charge is 2.29. The van der Waals surface area contributed by atoms with Crippen LogP contribution in [0.15, 0.2) is 84.9 Å². The molecule has 1 aromatic heterocycles. The number of nitrogens with zero attached hydrogens (tertiary/aromatic N) is 1. The highest BCUT2D eigenvalue weighted by molar-refractivity contribution is 7.17. The first-order valence-corrected chi connectivity index (χ1v) is 12.4. The van der Waals surface area contributed by atoms with E-state index in [0.29, 0.717) is 16.1 Å². The first-order valence-electron chi connectivity index (χ1n) is 11.6. The molecule has 5 rings (SSSR count). The summed E-state index contributed by atoms with van der Waals surface area (Å²) in [5.74, 6) is -0.650. The molecule has 1 N–H and O–H groups in total. The SMILES string of the molecule is COC(=O)c1c(NC(=O)c2ccc(-c3ccccc3)cc2)sc2c1CCN(Cc1ccccc1)C2. The van der Waals surface area contributed by atoms with Gasteiger partial charge in [-0.15, -0.1) is 11.3 Å². The third-order valence-corrected chi connectivity index (χ3v) is 7.39. The molecule has 1 aliphatic rings. The fourth-order valence-corrected chi connectivity index (χ4v) is 5.73. The van der Waals surface area contributed by atoms with Crippen LogP contribution >= 0.6 is 11.3 Å². The van der Waals surface area contributed by atoms with Gasteiger partial charge in [0.15, 0.2) is 0 Å². The van der Waals surface area contributed by atoms with Crippen LogP contribution in [0.2, 0.25) is 0 Å². The molecule has 4 aromatic rings. The smallest absolute Gasteiger partial charge is 0.341 e. The van der Waals surface area contributed by atoms with Crippen LogP contribution in [0.5, 0.6) is 0 Å². The van der Waals surface area contributed by atoms with Crippen molar-refractivity contribution in [3.63, 3.8) is 0 Å². The molecule has 35 heavy (non-hydrogen) atoms. The van der Waals surface area contributed by atoms with Crippen LogP contribution in [0.4, 0.5) is 5.00 Å². The molecular weight excluding hydrogens is 456 g/mol. The van der Waals surface area contributed by atoms with E-state index in [-0.39, 0.29) is 5.91 Å². The number of ether oxygens (including phenoxy) is 1. The summed E-state index contributed by atoms with van der Waals surface area (Å²) in [6.45, 7) is 2.43. The second-order valence-corrected chi connectivity index (χ2v) is 9.65. The largest absolute Gasteiger partial charge is 0.465 e. The number of fused-ring (bicyclic) bond motifs is 1. The molecule has 176 valence electrons. The van der Waals surface area contributed by atoms with E-state index in [2.05, 4.69) is 22.3 Å². The Bertz CT molecular complexity index is 1330. The Labute approximate surface area is 209 Å². The molecule has 1 aliphatic heterocycles. The van der Waals surface area contributed by atoms with Gasteiger partial charge in [0.05, 0.1) is 12.7 Å². The summed E-state index contributed by atoms with van der Waals surface area (Å²) in [5, 5.41) is 3.54. The molecule has 1 amide bonds. The van der Waals surface area contributed by atoms with E-state index < -0.39 is 5.97 Å². The molecule has 0 aliphatic carbocycles. The lowest BCUT2D eigenvalue weighted by Crippen LogP contribution is -2.29. The molecule has 6 heteroatoms. The molecular formula is C29H26N2O3S. The standard InChI is InChI=1S/C29H26N2O3S/c1-34-29(33)26-24-16-17-31(18-20-8-4-2-5-9-20)19-25(24)35-28(26)30-27(32)23-14-12-22(13-15-23)21-10-6-3-7-11-21/h2-15H,16-19H2,1H3,(H,30,32). The Balaban J connectivity index is 1.36. The molecule has 0 fully saturated rings. The summed E-state index contributed by atoms with van der Waals surface area (Å²) >= 11 is 1.47. The average Bonchev–Trinajstić information content (AvgIpc) is 3.26. The molecule has 0 bridgehead atoms. The van der Waals surface area contributed by atoms with Crippen LogP contribution in [0, 0.1) is 0 Å². The van der Waals surface area contributed by atoms with Crippen molar-refractivity contribution in [3.8, 4) is 11.1 Å². The van der Waals surface area contributed by atoms with E-state index in [1.54, 1.807) is 0 Å². The van der Waals surface area contributed by atoms with Crippen molar-refractivity contribution in [1.82, 2.24) is 4.90 Å². The lowest BCUT2D eigenvalue weighted by molar-refractivity contribution is 0.0600. The van der Waals surface area contributed by atoms with Crippen LogP contribution in [-0.4, -0.2) is 30.4 Å². The predicted octanol–water partition coefficient (Wildman–Crippen LogP) is 6.01. The summed E-state index contributed by atoms with van der Waals surface area (Å²) in [5.41, 5.74) is 5.41. The van der Waals surface area contributed by atoms with Gasteiger partial charge in [-0.2, -0.15) is 0 Å². The van der Waals surface area contributed by atoms with Gasteiger partial charge in [-0.25, -0.2) is 4.79 Å². The summed E-state index contributed by atoms with van der Waals surface area (Å²) in [4.78, 5) is 29.2. The minimum Gasteiger partial charge on any atom is -0.465 e. The van der Waals surface area contributed by atoms with Crippen molar-refractivity contribution in [1.29, 1.82) is 0 Å². The minimum absolute atomic E-state index is 0.241. The number of thiophene rings is 1. The monoisotopic (exact) mass is 482 g/mol. The van der Waals surface area contributed by atoms with Crippen LogP contribution < -0.4 is 5.32 Å². The quantitative estimate of drug-likeness (QED) is 0.342. The molecule has 0 spiro atoms. The topological polar surface area (TPSA) is 58.6 Å². The number of benzene rings is 3. The molecule has 2 heterocycles. The van der Waals surface area contributed by atoms with Crippen molar-refractivity contribution in [2.24, 2.45) is 0 Å². The second kappa shape index (κ2) is 10.3. The zero-order chi connectivity index (χ0) is 24.2. The number of methoxy groups -OCH3 is 1.